The van der Waals surface area contributed by atoms with Crippen molar-refractivity contribution in [3.8, 4) is 6.07 Å². The fraction of sp³-hybridized carbons (Fsp3) is 0.312. The van der Waals surface area contributed by atoms with Crippen molar-refractivity contribution in [2.24, 2.45) is 0 Å². The van der Waals surface area contributed by atoms with Gasteiger partial charge < -0.3 is 9.67 Å². The first-order valence-electron chi connectivity index (χ1n) is 7.22. The highest BCUT2D eigenvalue weighted by Crippen LogP contribution is 2.25. The molecule has 0 unspecified atom stereocenters. The quantitative estimate of drug-likeness (QED) is 0.470. The zero-order chi connectivity index (χ0) is 15.5. The fourth-order valence-electron chi connectivity index (χ4n) is 2.63. The topological polar surface area (TPSA) is 74.7 Å². The first kappa shape index (κ1) is 15.0. The Hall–Kier alpha value is -1.88. The Labute approximate surface area is 142 Å². The molecule has 0 amide bonds. The monoisotopic (exact) mass is 406 g/mol. The molecule has 1 N–H and O–H groups in total. The lowest BCUT2D eigenvalue weighted by Gasteiger charge is -2.08. The van der Waals surface area contributed by atoms with Gasteiger partial charge in [-0.3, -0.25) is 0 Å². The second kappa shape index (κ2) is 6.48. The van der Waals surface area contributed by atoms with Crippen LogP contribution < -0.4 is 0 Å². The van der Waals surface area contributed by atoms with Gasteiger partial charge >= 0.3 is 0 Å². The van der Waals surface area contributed by atoms with Gasteiger partial charge in [0.2, 0.25) is 0 Å². The van der Waals surface area contributed by atoms with Gasteiger partial charge in [0.25, 0.3) is 0 Å². The van der Waals surface area contributed by atoms with Crippen LogP contribution in [-0.2, 0) is 13.0 Å². The number of hydrogen-bond donors (Lipinski definition) is 1. The summed E-state index contributed by atoms with van der Waals surface area (Å²) in [6.45, 7) is 0.794. The molecule has 0 saturated heterocycles. The second-order valence-electron chi connectivity index (χ2n) is 5.24. The molecule has 0 bridgehead atoms. The number of halogens is 1. The van der Waals surface area contributed by atoms with Crippen LogP contribution in [0.3, 0.4) is 0 Å². The van der Waals surface area contributed by atoms with E-state index in [9.17, 15) is 10.4 Å². The minimum atomic E-state index is -0.0432. The fourth-order valence-corrected chi connectivity index (χ4v) is 2.99. The predicted octanol–water partition coefficient (Wildman–Crippen LogP) is 3.56. The van der Waals surface area contributed by atoms with Crippen molar-refractivity contribution in [1.82, 2.24) is 14.8 Å². The summed E-state index contributed by atoms with van der Waals surface area (Å²) < 4.78 is 3.04. The summed E-state index contributed by atoms with van der Waals surface area (Å²) in [5.74, 6) is 1.32. The molecule has 3 rings (SSSR count). The molecule has 5 nitrogen and oxygen atoms in total. The van der Waals surface area contributed by atoms with E-state index in [-0.39, 0.29) is 11.3 Å². The van der Waals surface area contributed by atoms with Crippen molar-refractivity contribution < 1.29 is 5.11 Å². The summed E-state index contributed by atoms with van der Waals surface area (Å²) in [7, 11) is 0. The maximum Gasteiger partial charge on any atom is 0.178 e. The van der Waals surface area contributed by atoms with Gasteiger partial charge in [-0.2, -0.15) is 5.26 Å². The van der Waals surface area contributed by atoms with Gasteiger partial charge in [-0.05, 0) is 47.6 Å². The third-order valence-electron chi connectivity index (χ3n) is 3.80. The molecule has 22 heavy (non-hydrogen) atoms. The van der Waals surface area contributed by atoms with E-state index in [1.54, 1.807) is 12.1 Å². The molecule has 1 aliphatic rings. The average Bonchev–Trinajstić information content (AvgIpc) is 2.78. The van der Waals surface area contributed by atoms with Crippen LogP contribution in [0, 0.1) is 14.9 Å². The Morgan fingerprint density at radius 3 is 2.68 bits per heavy atom. The number of hydrogen-bond acceptors (Lipinski definition) is 4. The van der Waals surface area contributed by atoms with Crippen LogP contribution in [0.2, 0.25) is 0 Å². The van der Waals surface area contributed by atoms with E-state index in [1.807, 2.05) is 16.7 Å². The highest BCUT2D eigenvalue weighted by atomic mass is 127. The summed E-state index contributed by atoms with van der Waals surface area (Å²) in [5, 5.41) is 28.3. The maximum absolute atomic E-state index is 10.5. The second-order valence-corrected chi connectivity index (χ2v) is 6.49. The molecule has 112 valence electrons. The van der Waals surface area contributed by atoms with Crippen LogP contribution in [0.4, 0.5) is 0 Å². The van der Waals surface area contributed by atoms with Crippen LogP contribution >= 0.6 is 22.6 Å². The SMILES string of the molecule is N#CC(=C(O)c1ccc(I)cc1)c1nnc2n1CCCCC2. The Morgan fingerprint density at radius 1 is 1.18 bits per heavy atom. The van der Waals surface area contributed by atoms with E-state index >= 15 is 0 Å². The number of aromatic nitrogens is 3. The van der Waals surface area contributed by atoms with Crippen LogP contribution in [0.25, 0.3) is 11.3 Å². The van der Waals surface area contributed by atoms with Crippen molar-refractivity contribution >= 4 is 33.9 Å². The highest BCUT2D eigenvalue weighted by Gasteiger charge is 2.21. The normalized spacial score (nSPS) is 15.5. The van der Waals surface area contributed by atoms with E-state index < -0.39 is 0 Å². The molecule has 0 aliphatic carbocycles. The molecule has 1 aliphatic heterocycles. The number of allylic oxidation sites excluding steroid dienone is 1. The summed E-state index contributed by atoms with van der Waals surface area (Å²) in [6, 6.07) is 9.48. The molecule has 2 heterocycles. The zero-order valence-electron chi connectivity index (χ0n) is 12.0. The highest BCUT2D eigenvalue weighted by molar-refractivity contribution is 14.1. The lowest BCUT2D eigenvalue weighted by atomic mass is 10.1. The third-order valence-corrected chi connectivity index (χ3v) is 4.52. The molecule has 0 saturated carbocycles. The van der Waals surface area contributed by atoms with Crippen molar-refractivity contribution in [3.63, 3.8) is 0 Å². The van der Waals surface area contributed by atoms with Gasteiger partial charge in [-0.25, -0.2) is 0 Å². The van der Waals surface area contributed by atoms with Crippen LogP contribution in [-0.4, -0.2) is 19.9 Å². The summed E-state index contributed by atoms with van der Waals surface area (Å²) in [5.41, 5.74) is 0.796. The molecule has 1 aromatic heterocycles. The molecule has 6 heteroatoms. The van der Waals surface area contributed by atoms with Gasteiger partial charge in [0, 0.05) is 22.1 Å². The summed E-state index contributed by atoms with van der Waals surface area (Å²) >= 11 is 2.20. The number of benzene rings is 1. The van der Waals surface area contributed by atoms with Crippen molar-refractivity contribution in [2.45, 2.75) is 32.2 Å². The summed E-state index contributed by atoms with van der Waals surface area (Å²) in [4.78, 5) is 0. The number of aryl methyl sites for hydroxylation is 1. The van der Waals surface area contributed by atoms with Gasteiger partial charge in [0.05, 0.1) is 0 Å². The number of rotatable bonds is 2. The molecular formula is C16H15IN4O. The van der Waals surface area contributed by atoms with Crippen molar-refractivity contribution in [2.75, 3.05) is 0 Å². The summed E-state index contributed by atoms with van der Waals surface area (Å²) in [6.07, 6.45) is 4.15. The Morgan fingerprint density at radius 2 is 1.95 bits per heavy atom. The molecule has 0 atom stereocenters. The number of nitriles is 1. The van der Waals surface area contributed by atoms with E-state index in [4.69, 9.17) is 0 Å². The lowest BCUT2D eigenvalue weighted by molar-refractivity contribution is 0.513. The van der Waals surface area contributed by atoms with Gasteiger partial charge in [0.1, 0.15) is 23.2 Å². The smallest absolute Gasteiger partial charge is 0.178 e. The first-order valence-corrected chi connectivity index (χ1v) is 8.30. The average molecular weight is 406 g/mol. The minimum Gasteiger partial charge on any atom is -0.506 e. The minimum absolute atomic E-state index is 0.0432. The van der Waals surface area contributed by atoms with Crippen LogP contribution in [0.1, 0.15) is 36.5 Å². The van der Waals surface area contributed by atoms with E-state index in [0.717, 1.165) is 41.6 Å². The van der Waals surface area contributed by atoms with Crippen LogP contribution in [0.5, 0.6) is 0 Å². The molecule has 2 aromatic rings. The van der Waals surface area contributed by atoms with Gasteiger partial charge in [0.15, 0.2) is 5.82 Å². The third kappa shape index (κ3) is 2.86. The Bertz CT molecular complexity index is 755. The first-order chi connectivity index (χ1) is 10.7. The lowest BCUT2D eigenvalue weighted by Crippen LogP contribution is -2.06. The molecule has 1 aromatic carbocycles. The van der Waals surface area contributed by atoms with Gasteiger partial charge in [-0.1, -0.05) is 18.6 Å². The van der Waals surface area contributed by atoms with E-state index in [2.05, 4.69) is 38.9 Å². The predicted molar refractivity (Wildman–Crippen MR) is 91.8 cm³/mol. The van der Waals surface area contributed by atoms with Gasteiger partial charge in [-0.15, -0.1) is 10.2 Å². The standard InChI is InChI=1S/C16H15IN4O/c17-12-7-5-11(6-8-12)15(22)13(10-18)16-20-19-14-4-2-1-3-9-21(14)16/h5-8,22H,1-4,9H2. The Kier molecular flexibility index (Phi) is 4.43. The number of nitrogens with zero attached hydrogens (tertiary/aromatic N) is 4. The number of fused-ring (bicyclic) bond motifs is 1. The molecule has 0 radical (unpaired) electrons. The zero-order valence-corrected chi connectivity index (χ0v) is 14.1. The van der Waals surface area contributed by atoms with E-state index in [0.29, 0.717) is 11.4 Å². The number of aliphatic hydroxyl groups excluding tert-OH is 1. The van der Waals surface area contributed by atoms with Crippen molar-refractivity contribution in [3.05, 3.63) is 45.0 Å². The molecule has 0 spiro atoms. The molecular weight excluding hydrogens is 391 g/mol. The maximum atomic E-state index is 10.5. The van der Waals surface area contributed by atoms with Crippen molar-refractivity contribution in [1.29, 1.82) is 5.26 Å². The number of aliphatic hydroxyl groups is 1. The largest absolute Gasteiger partial charge is 0.506 e. The molecule has 0 fully saturated rings. The van der Waals surface area contributed by atoms with Crippen LogP contribution in [0.15, 0.2) is 24.3 Å². The Balaban J connectivity index is 2.08. The van der Waals surface area contributed by atoms with E-state index in [1.165, 1.54) is 0 Å².